The lowest BCUT2D eigenvalue weighted by molar-refractivity contribution is -0.138. The van der Waals surface area contributed by atoms with Crippen molar-refractivity contribution in [1.82, 2.24) is 19.4 Å². The van der Waals surface area contributed by atoms with Crippen molar-refractivity contribution in [2.45, 2.75) is 38.4 Å². The van der Waals surface area contributed by atoms with Crippen LogP contribution in [0.5, 0.6) is 0 Å². The number of benzene rings is 2. The van der Waals surface area contributed by atoms with E-state index in [0.717, 1.165) is 54.8 Å². The Bertz CT molecular complexity index is 1500. The van der Waals surface area contributed by atoms with Gasteiger partial charge < -0.3 is 10.6 Å². The first-order valence-electron chi connectivity index (χ1n) is 12.9. The van der Waals surface area contributed by atoms with E-state index in [9.17, 15) is 18.0 Å². The minimum absolute atomic E-state index is 0.183. The predicted molar refractivity (Wildman–Crippen MR) is 148 cm³/mol. The molecule has 3 heterocycles. The van der Waals surface area contributed by atoms with Crippen molar-refractivity contribution >= 4 is 28.3 Å². The summed E-state index contributed by atoms with van der Waals surface area (Å²) >= 11 is 1.24. The quantitative estimate of drug-likeness (QED) is 0.328. The summed E-state index contributed by atoms with van der Waals surface area (Å²) in [5.41, 5.74) is 7.89. The minimum Gasteiger partial charge on any atom is -0.365 e. The summed E-state index contributed by atoms with van der Waals surface area (Å²) in [6.45, 7) is 8.46. The Morgan fingerprint density at radius 2 is 1.72 bits per heavy atom. The van der Waals surface area contributed by atoms with Crippen LogP contribution in [0.4, 0.5) is 13.2 Å². The Hall–Kier alpha value is -3.21. The normalized spacial score (nSPS) is 15.7. The summed E-state index contributed by atoms with van der Waals surface area (Å²) in [4.78, 5) is 22.1. The van der Waals surface area contributed by atoms with Gasteiger partial charge in [0.05, 0.1) is 21.5 Å². The molecule has 0 spiro atoms. The van der Waals surface area contributed by atoms with Gasteiger partial charge in [0.1, 0.15) is 11.3 Å². The van der Waals surface area contributed by atoms with Crippen LogP contribution in [-0.2, 0) is 24.6 Å². The van der Waals surface area contributed by atoms with E-state index in [1.54, 1.807) is 26.2 Å². The molecule has 0 atom stereocenters. The highest BCUT2D eigenvalue weighted by molar-refractivity contribution is 7.16. The van der Waals surface area contributed by atoms with Gasteiger partial charge in [-0.1, -0.05) is 38.1 Å². The maximum Gasteiger partial charge on any atom is 0.416 e. The second-order valence-electron chi connectivity index (χ2n) is 10.9. The molecule has 6 nitrogen and oxygen atoms in total. The van der Waals surface area contributed by atoms with E-state index in [0.29, 0.717) is 10.4 Å². The highest BCUT2D eigenvalue weighted by atomic mass is 32.1. The molecule has 0 saturated carbocycles. The molecule has 10 heteroatoms. The molecule has 1 fully saturated rings. The molecular formula is C29H32F3N5OS. The maximum absolute atomic E-state index is 13.8. The van der Waals surface area contributed by atoms with Gasteiger partial charge in [-0.25, -0.2) is 4.98 Å². The van der Waals surface area contributed by atoms with E-state index in [1.165, 1.54) is 29.0 Å². The maximum atomic E-state index is 13.8. The lowest BCUT2D eigenvalue weighted by Gasteiger charge is -2.32. The molecule has 5 rings (SSSR count). The number of fused-ring (bicyclic) bond motifs is 1. The second kappa shape index (κ2) is 10.4. The number of hydrogen-bond acceptors (Lipinski definition) is 5. The third kappa shape index (κ3) is 5.73. The molecule has 0 radical (unpaired) electrons. The monoisotopic (exact) mass is 555 g/mol. The number of nitrogens with two attached hydrogens (primary N) is 1. The van der Waals surface area contributed by atoms with Crippen LogP contribution in [-0.4, -0.2) is 58.5 Å². The molecule has 4 aromatic rings. The standard InChI is InChI=1S/C29H32F3N5OS/c1-28(2,21-6-4-5-7-22(21)29(30,31)32)16-20-15-25(39-26(20)27(33)38)37-18-34-23-9-8-19(14-24(23)37)17-36-12-10-35(3)11-13-36/h4-9,14-15,18H,10-13,16-17H2,1-3H3,(H2,33,38). The first-order chi connectivity index (χ1) is 18.4. The van der Waals surface area contributed by atoms with E-state index in [1.807, 2.05) is 16.7 Å². The smallest absolute Gasteiger partial charge is 0.365 e. The molecule has 0 aliphatic carbocycles. The zero-order valence-corrected chi connectivity index (χ0v) is 23.1. The predicted octanol–water partition coefficient (Wildman–Crippen LogP) is 5.47. The number of aromatic nitrogens is 2. The third-order valence-electron chi connectivity index (χ3n) is 7.46. The van der Waals surface area contributed by atoms with Gasteiger partial charge in [-0.3, -0.25) is 14.3 Å². The van der Waals surface area contributed by atoms with Crippen LogP contribution in [0.25, 0.3) is 16.0 Å². The largest absolute Gasteiger partial charge is 0.416 e. The molecule has 1 amide bonds. The van der Waals surface area contributed by atoms with Crippen LogP contribution >= 0.6 is 11.3 Å². The molecule has 0 unspecified atom stereocenters. The molecule has 1 aliphatic heterocycles. The summed E-state index contributed by atoms with van der Waals surface area (Å²) < 4.78 is 43.3. The molecule has 1 aliphatic rings. The van der Waals surface area contributed by atoms with E-state index >= 15 is 0 Å². The average Bonchev–Trinajstić information content (AvgIpc) is 3.48. The zero-order valence-electron chi connectivity index (χ0n) is 22.3. The number of likely N-dealkylation sites (N-methyl/N-ethyl adjacent to an activating group) is 1. The number of piperazine rings is 1. The number of imidazole rings is 1. The Kier molecular flexibility index (Phi) is 7.30. The van der Waals surface area contributed by atoms with Crippen molar-refractivity contribution < 1.29 is 18.0 Å². The number of alkyl halides is 3. The molecule has 2 N–H and O–H groups in total. The van der Waals surface area contributed by atoms with Gasteiger partial charge in [0.25, 0.3) is 5.91 Å². The lowest BCUT2D eigenvalue weighted by Crippen LogP contribution is -2.43. The van der Waals surface area contributed by atoms with E-state index in [4.69, 9.17) is 5.73 Å². The molecule has 206 valence electrons. The summed E-state index contributed by atoms with van der Waals surface area (Å²) in [5, 5.41) is 0.748. The highest BCUT2D eigenvalue weighted by Crippen LogP contribution is 2.40. The van der Waals surface area contributed by atoms with Crippen LogP contribution in [0, 0.1) is 0 Å². The molecule has 1 saturated heterocycles. The van der Waals surface area contributed by atoms with Crippen molar-refractivity contribution in [3.63, 3.8) is 0 Å². The van der Waals surface area contributed by atoms with Gasteiger partial charge in [-0.2, -0.15) is 13.2 Å². The lowest BCUT2D eigenvalue weighted by atomic mass is 9.77. The zero-order chi connectivity index (χ0) is 27.9. The number of hydrogen-bond donors (Lipinski definition) is 1. The topological polar surface area (TPSA) is 67.4 Å². The number of carbonyl (C=O) groups is 1. The van der Waals surface area contributed by atoms with Crippen LogP contribution in [0.2, 0.25) is 0 Å². The number of amides is 1. The minimum atomic E-state index is -4.47. The van der Waals surface area contributed by atoms with Crippen LogP contribution < -0.4 is 5.73 Å². The van der Waals surface area contributed by atoms with Crippen molar-refractivity contribution in [3.05, 3.63) is 82.0 Å². The fraction of sp³-hybridized carbons (Fsp3) is 0.379. The number of nitrogens with zero attached hydrogens (tertiary/aromatic N) is 4. The average molecular weight is 556 g/mol. The molecule has 39 heavy (non-hydrogen) atoms. The number of rotatable bonds is 7. The SMILES string of the molecule is CN1CCN(Cc2ccc3ncn(-c4cc(CC(C)(C)c5ccccc5C(F)(F)F)c(C(N)=O)s4)c3c2)CC1. The highest BCUT2D eigenvalue weighted by Gasteiger charge is 2.38. The fourth-order valence-electron chi connectivity index (χ4n) is 5.36. The van der Waals surface area contributed by atoms with E-state index in [-0.39, 0.29) is 12.0 Å². The van der Waals surface area contributed by atoms with Gasteiger partial charge >= 0.3 is 6.18 Å². The first kappa shape index (κ1) is 27.4. The van der Waals surface area contributed by atoms with Crippen LogP contribution in [0.3, 0.4) is 0 Å². The third-order valence-corrected chi connectivity index (χ3v) is 8.66. The van der Waals surface area contributed by atoms with Crippen molar-refractivity contribution in [3.8, 4) is 5.00 Å². The summed E-state index contributed by atoms with van der Waals surface area (Å²) in [6.07, 6.45) is -2.54. The Labute approximate surface area is 229 Å². The van der Waals surface area contributed by atoms with Gasteiger partial charge in [-0.15, -0.1) is 11.3 Å². The summed E-state index contributed by atoms with van der Waals surface area (Å²) in [5.74, 6) is -0.596. The number of primary amides is 1. The Balaban J connectivity index is 1.48. The van der Waals surface area contributed by atoms with Crippen LogP contribution in [0.15, 0.2) is 54.9 Å². The summed E-state index contributed by atoms with van der Waals surface area (Å²) in [6, 6.07) is 13.7. The number of carbonyl (C=O) groups excluding carboxylic acids is 1. The van der Waals surface area contributed by atoms with Crippen molar-refractivity contribution in [2.75, 3.05) is 33.2 Å². The summed E-state index contributed by atoms with van der Waals surface area (Å²) in [7, 11) is 2.13. The van der Waals surface area contributed by atoms with Gasteiger partial charge in [0.2, 0.25) is 0 Å². The van der Waals surface area contributed by atoms with E-state index < -0.39 is 23.1 Å². The van der Waals surface area contributed by atoms with Gasteiger partial charge in [0.15, 0.2) is 0 Å². The number of halogens is 3. The molecule has 2 aromatic heterocycles. The van der Waals surface area contributed by atoms with Crippen LogP contribution in [0.1, 0.15) is 45.8 Å². The Morgan fingerprint density at radius 3 is 2.38 bits per heavy atom. The first-order valence-corrected chi connectivity index (χ1v) is 13.7. The second-order valence-corrected chi connectivity index (χ2v) is 12.0. The molecule has 0 bridgehead atoms. The molecule has 2 aromatic carbocycles. The number of thiophene rings is 1. The van der Waals surface area contributed by atoms with Crippen molar-refractivity contribution in [1.29, 1.82) is 0 Å². The fourth-order valence-corrected chi connectivity index (χ4v) is 6.37. The van der Waals surface area contributed by atoms with Gasteiger partial charge in [0, 0.05) is 32.7 Å². The van der Waals surface area contributed by atoms with Gasteiger partial charge in [-0.05, 0) is 59.8 Å². The van der Waals surface area contributed by atoms with Crippen molar-refractivity contribution in [2.24, 2.45) is 5.73 Å². The Morgan fingerprint density at radius 1 is 1.03 bits per heavy atom. The van der Waals surface area contributed by atoms with E-state index in [2.05, 4.69) is 34.0 Å². The molecular weight excluding hydrogens is 523 g/mol.